The first-order chi connectivity index (χ1) is 11.6. The summed E-state index contributed by atoms with van der Waals surface area (Å²) in [7, 11) is 0. The van der Waals surface area contributed by atoms with Gasteiger partial charge in [0.15, 0.2) is 0 Å². The van der Waals surface area contributed by atoms with Gasteiger partial charge in [0.1, 0.15) is 5.82 Å². The summed E-state index contributed by atoms with van der Waals surface area (Å²) in [4.78, 5) is 11.7. The second-order valence-electron chi connectivity index (χ2n) is 6.69. The number of hydrogen-bond donors (Lipinski definition) is 1. The topological polar surface area (TPSA) is 41.1 Å². The van der Waals surface area contributed by atoms with Crippen LogP contribution < -0.4 is 10.2 Å². The fourth-order valence-corrected chi connectivity index (χ4v) is 3.40. The Bertz CT molecular complexity index is 689. The molecule has 1 aromatic heterocycles. The molecule has 1 unspecified atom stereocenters. The van der Waals surface area contributed by atoms with Crippen LogP contribution in [-0.4, -0.2) is 29.6 Å². The number of aromatic nitrogens is 2. The van der Waals surface area contributed by atoms with Crippen molar-refractivity contribution in [2.75, 3.05) is 29.9 Å². The van der Waals surface area contributed by atoms with Crippen LogP contribution in [0.4, 0.5) is 11.8 Å². The second kappa shape index (κ2) is 7.84. The summed E-state index contributed by atoms with van der Waals surface area (Å²) in [5.41, 5.74) is 2.23. The largest absolute Gasteiger partial charge is 0.370 e. The van der Waals surface area contributed by atoms with Gasteiger partial charge in [0, 0.05) is 36.4 Å². The molecule has 1 aliphatic rings. The third-order valence-electron chi connectivity index (χ3n) is 4.39. The van der Waals surface area contributed by atoms with E-state index in [-0.39, 0.29) is 0 Å². The van der Waals surface area contributed by atoms with Gasteiger partial charge in [-0.1, -0.05) is 30.7 Å². The van der Waals surface area contributed by atoms with Crippen molar-refractivity contribution in [3.8, 4) is 0 Å². The first-order valence-corrected chi connectivity index (χ1v) is 9.07. The fraction of sp³-hybridized carbons (Fsp3) is 0.474. The van der Waals surface area contributed by atoms with E-state index in [4.69, 9.17) is 16.6 Å². The predicted molar refractivity (Wildman–Crippen MR) is 101 cm³/mol. The molecular weight excluding hydrogens is 320 g/mol. The number of aryl methyl sites for hydroxylation is 1. The van der Waals surface area contributed by atoms with E-state index < -0.39 is 0 Å². The van der Waals surface area contributed by atoms with Gasteiger partial charge in [-0.15, -0.1) is 0 Å². The molecule has 0 radical (unpaired) electrons. The smallest absolute Gasteiger partial charge is 0.227 e. The molecule has 3 rings (SSSR count). The van der Waals surface area contributed by atoms with E-state index in [1.54, 1.807) is 0 Å². The molecule has 2 aromatic rings. The Balaban J connectivity index is 1.63. The molecule has 0 bridgehead atoms. The molecule has 0 saturated carbocycles. The average Bonchev–Trinajstić information content (AvgIpc) is 2.54. The third-order valence-corrected chi connectivity index (χ3v) is 4.63. The van der Waals surface area contributed by atoms with Crippen LogP contribution in [0, 0.1) is 12.8 Å². The van der Waals surface area contributed by atoms with Gasteiger partial charge in [0.05, 0.1) is 0 Å². The van der Waals surface area contributed by atoms with E-state index >= 15 is 0 Å². The monoisotopic (exact) mass is 344 g/mol. The summed E-state index contributed by atoms with van der Waals surface area (Å²) in [6.45, 7) is 7.25. The molecule has 1 N–H and O–H groups in total. The van der Waals surface area contributed by atoms with Gasteiger partial charge in [-0.05, 0) is 49.8 Å². The van der Waals surface area contributed by atoms with Crippen LogP contribution in [0.25, 0.3) is 0 Å². The number of hydrogen-bond acceptors (Lipinski definition) is 4. The van der Waals surface area contributed by atoms with Gasteiger partial charge in [-0.2, -0.15) is 4.98 Å². The zero-order chi connectivity index (χ0) is 16.9. The van der Waals surface area contributed by atoms with Gasteiger partial charge < -0.3 is 10.2 Å². The van der Waals surface area contributed by atoms with E-state index in [0.717, 1.165) is 48.5 Å². The lowest BCUT2D eigenvalue weighted by atomic mass is 10.0. The Morgan fingerprint density at radius 2 is 2.17 bits per heavy atom. The molecule has 2 heterocycles. The highest BCUT2D eigenvalue weighted by molar-refractivity contribution is 6.30. The molecule has 1 atom stereocenters. The first kappa shape index (κ1) is 17.0. The van der Waals surface area contributed by atoms with E-state index in [2.05, 4.69) is 28.2 Å². The number of anilines is 2. The van der Waals surface area contributed by atoms with Crippen molar-refractivity contribution in [1.29, 1.82) is 0 Å². The summed E-state index contributed by atoms with van der Waals surface area (Å²) >= 11 is 6.03. The summed E-state index contributed by atoms with van der Waals surface area (Å²) in [6.07, 6.45) is 3.43. The van der Waals surface area contributed by atoms with Gasteiger partial charge in [0.2, 0.25) is 5.95 Å². The number of nitrogens with one attached hydrogen (secondary N) is 1. The maximum Gasteiger partial charge on any atom is 0.227 e. The van der Waals surface area contributed by atoms with Crippen LogP contribution in [0.15, 0.2) is 30.3 Å². The van der Waals surface area contributed by atoms with Crippen LogP contribution in [0.2, 0.25) is 5.02 Å². The quantitative estimate of drug-likeness (QED) is 0.876. The molecule has 24 heavy (non-hydrogen) atoms. The minimum absolute atomic E-state index is 0.710. The highest BCUT2D eigenvalue weighted by Crippen LogP contribution is 2.21. The van der Waals surface area contributed by atoms with Crippen molar-refractivity contribution in [3.05, 3.63) is 46.6 Å². The Kier molecular flexibility index (Phi) is 5.56. The fourth-order valence-electron chi connectivity index (χ4n) is 3.18. The maximum atomic E-state index is 6.03. The van der Waals surface area contributed by atoms with Gasteiger partial charge in [0.25, 0.3) is 0 Å². The molecule has 0 spiro atoms. The van der Waals surface area contributed by atoms with Crippen LogP contribution in [0.1, 0.15) is 31.0 Å². The van der Waals surface area contributed by atoms with E-state index in [1.807, 2.05) is 31.2 Å². The SMILES string of the molecule is Cc1cc(NCCc2cccc(Cl)c2)nc(N2CCCC(C)C2)n1. The lowest BCUT2D eigenvalue weighted by molar-refractivity contribution is 0.442. The van der Waals surface area contributed by atoms with Crippen molar-refractivity contribution in [3.63, 3.8) is 0 Å². The normalized spacial score (nSPS) is 17.8. The summed E-state index contributed by atoms with van der Waals surface area (Å²) in [5.74, 6) is 2.46. The molecule has 128 valence electrons. The minimum Gasteiger partial charge on any atom is -0.370 e. The van der Waals surface area contributed by atoms with Crippen LogP contribution in [0.3, 0.4) is 0 Å². The van der Waals surface area contributed by atoms with Crippen molar-refractivity contribution in [1.82, 2.24) is 9.97 Å². The number of rotatable bonds is 5. The molecule has 1 aromatic carbocycles. The average molecular weight is 345 g/mol. The van der Waals surface area contributed by atoms with Gasteiger partial charge in [-0.3, -0.25) is 0 Å². The first-order valence-electron chi connectivity index (χ1n) is 8.69. The summed E-state index contributed by atoms with van der Waals surface area (Å²) < 4.78 is 0. The zero-order valence-electron chi connectivity index (χ0n) is 14.4. The molecule has 1 fully saturated rings. The molecule has 5 heteroatoms. The number of benzene rings is 1. The van der Waals surface area contributed by atoms with E-state index in [1.165, 1.54) is 18.4 Å². The lowest BCUT2D eigenvalue weighted by Gasteiger charge is -2.31. The highest BCUT2D eigenvalue weighted by atomic mass is 35.5. The molecule has 0 amide bonds. The van der Waals surface area contributed by atoms with Gasteiger partial charge in [-0.25, -0.2) is 4.98 Å². The van der Waals surface area contributed by atoms with Crippen LogP contribution in [0.5, 0.6) is 0 Å². The van der Waals surface area contributed by atoms with Crippen molar-refractivity contribution in [2.24, 2.45) is 5.92 Å². The molecule has 1 saturated heterocycles. The Labute approximate surface area is 149 Å². The van der Waals surface area contributed by atoms with Gasteiger partial charge >= 0.3 is 0 Å². The molecule has 1 aliphatic heterocycles. The van der Waals surface area contributed by atoms with Crippen LogP contribution in [-0.2, 0) is 6.42 Å². The summed E-state index contributed by atoms with van der Waals surface area (Å²) in [6, 6.07) is 10.0. The van der Waals surface area contributed by atoms with Crippen molar-refractivity contribution < 1.29 is 0 Å². The summed E-state index contributed by atoms with van der Waals surface area (Å²) in [5, 5.41) is 4.21. The predicted octanol–water partition coefficient (Wildman–Crippen LogP) is 4.33. The number of halogens is 1. The van der Waals surface area contributed by atoms with E-state index in [9.17, 15) is 0 Å². The third kappa shape index (κ3) is 4.60. The molecule has 0 aliphatic carbocycles. The van der Waals surface area contributed by atoms with E-state index in [0.29, 0.717) is 5.92 Å². The number of piperidine rings is 1. The Morgan fingerprint density at radius 3 is 2.96 bits per heavy atom. The number of nitrogens with zero attached hydrogens (tertiary/aromatic N) is 3. The minimum atomic E-state index is 0.710. The zero-order valence-corrected chi connectivity index (χ0v) is 15.2. The van der Waals surface area contributed by atoms with Crippen LogP contribution >= 0.6 is 11.6 Å². The standard InChI is InChI=1S/C19H25ClN4/c1-14-5-4-10-24(13-14)19-22-15(2)11-18(23-19)21-9-8-16-6-3-7-17(20)12-16/h3,6-7,11-12,14H,4-5,8-10,13H2,1-2H3,(H,21,22,23). The van der Waals surface area contributed by atoms with Crippen molar-refractivity contribution in [2.45, 2.75) is 33.1 Å². The lowest BCUT2D eigenvalue weighted by Crippen LogP contribution is -2.35. The molecule has 4 nitrogen and oxygen atoms in total. The molecular formula is C19H25ClN4. The Morgan fingerprint density at radius 1 is 1.29 bits per heavy atom. The highest BCUT2D eigenvalue weighted by Gasteiger charge is 2.19. The second-order valence-corrected chi connectivity index (χ2v) is 7.13. The van der Waals surface area contributed by atoms with Crippen molar-refractivity contribution >= 4 is 23.4 Å². The maximum absolute atomic E-state index is 6.03. The Hall–Kier alpha value is -1.81.